The summed E-state index contributed by atoms with van der Waals surface area (Å²) in [5.41, 5.74) is 2.16. The van der Waals surface area contributed by atoms with Gasteiger partial charge >= 0.3 is 0 Å². The molecule has 2 aromatic heterocycles. The molecule has 0 unspecified atom stereocenters. The normalized spacial score (nSPS) is 15.1. The van der Waals surface area contributed by atoms with Crippen LogP contribution < -0.4 is 10.0 Å². The molecule has 0 saturated carbocycles. The summed E-state index contributed by atoms with van der Waals surface area (Å²) in [6.07, 6.45) is 1.29. The number of nitrogens with one attached hydrogen (secondary N) is 2. The number of H-pyrrole nitrogens is 1. The molecule has 1 aromatic carbocycles. The largest absolute Gasteiger partial charge is 0.618 e. The predicted molar refractivity (Wildman–Crippen MR) is 100 cm³/mol. The van der Waals surface area contributed by atoms with Crippen molar-refractivity contribution in [3.8, 4) is 11.4 Å². The van der Waals surface area contributed by atoms with E-state index in [4.69, 9.17) is 4.74 Å². The van der Waals surface area contributed by atoms with E-state index in [2.05, 4.69) is 20.4 Å². The van der Waals surface area contributed by atoms with Crippen LogP contribution in [-0.4, -0.2) is 60.4 Å². The summed E-state index contributed by atoms with van der Waals surface area (Å²) in [5, 5.41) is 23.4. The van der Waals surface area contributed by atoms with Crippen LogP contribution in [0.15, 0.2) is 42.6 Å². The Labute approximate surface area is 156 Å². The Bertz CT molecular complexity index is 949. The van der Waals surface area contributed by atoms with Crippen LogP contribution in [-0.2, 0) is 4.74 Å². The van der Waals surface area contributed by atoms with Gasteiger partial charge in [0.05, 0.1) is 18.7 Å². The van der Waals surface area contributed by atoms with Gasteiger partial charge in [-0.15, -0.1) is 0 Å². The fraction of sp³-hybridized carbons (Fsp3) is 0.316. The van der Waals surface area contributed by atoms with E-state index in [9.17, 15) is 10.0 Å². The number of carbonyl (C=O) groups is 1. The van der Waals surface area contributed by atoms with Crippen molar-refractivity contribution < 1.29 is 14.3 Å². The van der Waals surface area contributed by atoms with Crippen molar-refractivity contribution in [2.45, 2.75) is 0 Å². The molecule has 8 heteroatoms. The lowest BCUT2D eigenvalue weighted by molar-refractivity contribution is -0.593. The molecule has 4 rings (SSSR count). The summed E-state index contributed by atoms with van der Waals surface area (Å²) in [5.74, 6) is -0.258. The van der Waals surface area contributed by atoms with Gasteiger partial charge in [-0.25, -0.2) is 0 Å². The Balaban J connectivity index is 1.44. The highest BCUT2D eigenvalue weighted by Gasteiger charge is 2.18. The number of aromatic amines is 1. The average Bonchev–Trinajstić information content (AvgIpc) is 3.12. The zero-order chi connectivity index (χ0) is 18.6. The molecular formula is C19H21N5O3. The number of morpholine rings is 1. The van der Waals surface area contributed by atoms with Gasteiger partial charge < -0.3 is 15.3 Å². The van der Waals surface area contributed by atoms with E-state index >= 15 is 0 Å². The van der Waals surface area contributed by atoms with Crippen LogP contribution >= 0.6 is 0 Å². The summed E-state index contributed by atoms with van der Waals surface area (Å²) in [6.45, 7) is 4.51. The first kappa shape index (κ1) is 17.4. The molecule has 1 saturated heterocycles. The van der Waals surface area contributed by atoms with E-state index in [1.54, 1.807) is 12.1 Å². The number of hydrogen-bond acceptors (Lipinski definition) is 5. The van der Waals surface area contributed by atoms with Crippen LogP contribution in [0.25, 0.3) is 22.3 Å². The van der Waals surface area contributed by atoms with Gasteiger partial charge in [0.25, 0.3) is 5.91 Å². The van der Waals surface area contributed by atoms with Crippen LogP contribution in [0, 0.1) is 5.21 Å². The summed E-state index contributed by atoms with van der Waals surface area (Å²) >= 11 is 0. The molecule has 3 heterocycles. The molecule has 140 valence electrons. The summed E-state index contributed by atoms with van der Waals surface area (Å²) in [6, 6.07) is 10.9. The minimum atomic E-state index is -0.258. The maximum absolute atomic E-state index is 12.5. The second-order valence-corrected chi connectivity index (χ2v) is 6.46. The van der Waals surface area contributed by atoms with Gasteiger partial charge in [-0.3, -0.25) is 14.8 Å². The van der Waals surface area contributed by atoms with Gasteiger partial charge in [-0.1, -0.05) is 18.2 Å². The van der Waals surface area contributed by atoms with Crippen molar-refractivity contribution in [1.82, 2.24) is 20.4 Å². The van der Waals surface area contributed by atoms with Gasteiger partial charge in [0.1, 0.15) is 5.56 Å². The van der Waals surface area contributed by atoms with Gasteiger partial charge in [0.15, 0.2) is 11.9 Å². The van der Waals surface area contributed by atoms with Crippen molar-refractivity contribution in [2.75, 3.05) is 39.4 Å². The zero-order valence-corrected chi connectivity index (χ0v) is 14.9. The first-order valence-electron chi connectivity index (χ1n) is 8.97. The minimum absolute atomic E-state index is 0.258. The Morgan fingerprint density at radius 2 is 2.07 bits per heavy atom. The lowest BCUT2D eigenvalue weighted by Gasteiger charge is -2.26. The van der Waals surface area contributed by atoms with Crippen LogP contribution in [0.2, 0.25) is 0 Å². The molecule has 3 aromatic rings. The Hall–Kier alpha value is -2.97. The highest BCUT2D eigenvalue weighted by Crippen LogP contribution is 2.23. The number of amides is 1. The average molecular weight is 367 g/mol. The number of carbonyl (C=O) groups excluding carboxylic acids is 1. The second-order valence-electron chi connectivity index (χ2n) is 6.46. The molecule has 0 atom stereocenters. The Kier molecular flexibility index (Phi) is 4.99. The van der Waals surface area contributed by atoms with Crippen LogP contribution in [0.3, 0.4) is 0 Å². The smallest absolute Gasteiger partial charge is 0.257 e. The highest BCUT2D eigenvalue weighted by atomic mass is 16.5. The molecule has 0 radical (unpaired) electrons. The molecule has 1 aliphatic heterocycles. The number of fused-ring (bicyclic) bond motifs is 1. The van der Waals surface area contributed by atoms with Crippen LogP contribution in [0.5, 0.6) is 0 Å². The quantitative estimate of drug-likeness (QED) is 0.516. The van der Waals surface area contributed by atoms with Gasteiger partial charge in [0.2, 0.25) is 5.69 Å². The van der Waals surface area contributed by atoms with Crippen LogP contribution in [0.1, 0.15) is 10.4 Å². The Morgan fingerprint density at radius 3 is 2.89 bits per heavy atom. The maximum atomic E-state index is 12.5. The number of para-hydroxylation sites is 1. The number of nitrogens with zero attached hydrogens (tertiary/aromatic N) is 3. The number of aromatic nitrogens is 3. The van der Waals surface area contributed by atoms with Crippen molar-refractivity contribution in [3.05, 3.63) is 53.4 Å². The van der Waals surface area contributed by atoms with E-state index in [0.717, 1.165) is 43.8 Å². The molecule has 1 amide bonds. The monoisotopic (exact) mass is 367 g/mol. The fourth-order valence-electron chi connectivity index (χ4n) is 3.21. The molecule has 27 heavy (non-hydrogen) atoms. The van der Waals surface area contributed by atoms with Gasteiger partial charge in [-0.05, 0) is 12.1 Å². The molecule has 2 N–H and O–H groups in total. The van der Waals surface area contributed by atoms with E-state index < -0.39 is 0 Å². The highest BCUT2D eigenvalue weighted by molar-refractivity contribution is 5.94. The number of benzene rings is 1. The van der Waals surface area contributed by atoms with Crippen molar-refractivity contribution in [3.63, 3.8) is 0 Å². The number of ether oxygens (including phenoxy) is 1. The molecule has 0 bridgehead atoms. The molecule has 1 aliphatic rings. The predicted octanol–water partition coefficient (Wildman–Crippen LogP) is 0.925. The zero-order valence-electron chi connectivity index (χ0n) is 14.9. The van der Waals surface area contributed by atoms with Gasteiger partial charge in [0, 0.05) is 37.6 Å². The van der Waals surface area contributed by atoms with Gasteiger partial charge in [-0.2, -0.15) is 9.83 Å². The summed E-state index contributed by atoms with van der Waals surface area (Å²) in [7, 11) is 0. The summed E-state index contributed by atoms with van der Waals surface area (Å²) < 4.78 is 6.00. The third-order valence-corrected chi connectivity index (χ3v) is 4.71. The number of rotatable bonds is 5. The van der Waals surface area contributed by atoms with Crippen molar-refractivity contribution in [2.24, 2.45) is 0 Å². The standard InChI is InChI=1S/C19H21N5O3/c25-19(20-7-8-23-9-11-27-12-10-23)14-5-6-17(24(26)13-14)18-15-3-1-2-4-16(15)21-22-18/h1-6,13H,7-12H2,(H,20,25)(H,21,22). The van der Waals surface area contributed by atoms with Crippen molar-refractivity contribution >= 4 is 16.8 Å². The second kappa shape index (κ2) is 7.73. The molecule has 0 aliphatic carbocycles. The molecular weight excluding hydrogens is 346 g/mol. The maximum Gasteiger partial charge on any atom is 0.257 e. The first-order valence-corrected chi connectivity index (χ1v) is 8.97. The van der Waals surface area contributed by atoms with E-state index in [1.165, 1.54) is 6.20 Å². The molecule has 0 spiro atoms. The van der Waals surface area contributed by atoms with E-state index in [1.807, 2.05) is 24.3 Å². The lowest BCUT2D eigenvalue weighted by Crippen LogP contribution is -2.41. The van der Waals surface area contributed by atoms with Crippen LogP contribution in [0.4, 0.5) is 0 Å². The SMILES string of the molecule is O=C(NCCN1CCOCC1)c1ccc(-c2n[nH]c3ccccc23)[n+]([O-])c1. The number of pyridine rings is 1. The lowest BCUT2D eigenvalue weighted by atomic mass is 10.1. The molecule has 8 nitrogen and oxygen atoms in total. The van der Waals surface area contributed by atoms with E-state index in [-0.39, 0.29) is 5.91 Å². The third-order valence-electron chi connectivity index (χ3n) is 4.71. The Morgan fingerprint density at radius 1 is 1.26 bits per heavy atom. The van der Waals surface area contributed by atoms with E-state index in [0.29, 0.717) is 28.2 Å². The van der Waals surface area contributed by atoms with Crippen molar-refractivity contribution in [1.29, 1.82) is 0 Å². The third kappa shape index (κ3) is 3.76. The number of hydrogen-bond donors (Lipinski definition) is 2. The summed E-state index contributed by atoms with van der Waals surface area (Å²) in [4.78, 5) is 14.6. The molecule has 1 fully saturated rings. The fourth-order valence-corrected chi connectivity index (χ4v) is 3.21. The topological polar surface area (TPSA) is 97.2 Å². The minimum Gasteiger partial charge on any atom is -0.618 e. The first-order chi connectivity index (χ1) is 13.2.